The standard InChI is InChI=1S/C22H23F4N3O4S/c23-17-10-16(5-6-20(17)33-22(24,25)26)34(31,32)15-3-1-13(2-4-15)11-28-21(30)19-9-14-12-27-8-7-18(14)29-19/h1-6,10,14,18-19,27,29H,7-9,11-12H2,(H,28,30). The maximum Gasteiger partial charge on any atom is 0.573 e. The van der Waals surface area contributed by atoms with E-state index in [1.165, 1.54) is 24.3 Å². The predicted octanol–water partition coefficient (Wildman–Crippen LogP) is 2.51. The molecule has 12 heteroatoms. The molecule has 2 aromatic rings. The minimum Gasteiger partial charge on any atom is -0.403 e. The molecule has 34 heavy (non-hydrogen) atoms. The number of piperidine rings is 1. The molecule has 7 nitrogen and oxygen atoms in total. The van der Waals surface area contributed by atoms with Crippen molar-refractivity contribution >= 4 is 15.7 Å². The van der Waals surface area contributed by atoms with E-state index >= 15 is 0 Å². The van der Waals surface area contributed by atoms with Crippen molar-refractivity contribution in [3.05, 3.63) is 53.8 Å². The number of carbonyl (C=O) groups is 1. The van der Waals surface area contributed by atoms with E-state index in [0.717, 1.165) is 32.0 Å². The summed E-state index contributed by atoms with van der Waals surface area (Å²) in [6.45, 7) is 2.01. The summed E-state index contributed by atoms with van der Waals surface area (Å²) >= 11 is 0. The van der Waals surface area contributed by atoms with Gasteiger partial charge in [-0.3, -0.25) is 4.79 Å². The first-order valence-electron chi connectivity index (χ1n) is 10.7. The van der Waals surface area contributed by atoms with E-state index < -0.39 is 32.7 Å². The van der Waals surface area contributed by atoms with Crippen molar-refractivity contribution in [2.75, 3.05) is 13.1 Å². The van der Waals surface area contributed by atoms with Gasteiger partial charge in [0, 0.05) is 12.6 Å². The Balaban J connectivity index is 1.38. The van der Waals surface area contributed by atoms with Crippen molar-refractivity contribution < 1.29 is 35.5 Å². The van der Waals surface area contributed by atoms with Gasteiger partial charge >= 0.3 is 6.36 Å². The maximum absolute atomic E-state index is 14.0. The topological polar surface area (TPSA) is 96.5 Å². The Bertz CT molecular complexity index is 1140. The molecule has 3 atom stereocenters. The lowest BCUT2D eigenvalue weighted by Gasteiger charge is -2.25. The zero-order valence-electron chi connectivity index (χ0n) is 17.9. The summed E-state index contributed by atoms with van der Waals surface area (Å²) in [4.78, 5) is 11.8. The van der Waals surface area contributed by atoms with Crippen LogP contribution in [0.3, 0.4) is 0 Å². The molecule has 0 spiro atoms. The summed E-state index contributed by atoms with van der Waals surface area (Å²) in [5.41, 5.74) is 0.657. The van der Waals surface area contributed by atoms with Crippen LogP contribution in [0.1, 0.15) is 18.4 Å². The Labute approximate surface area is 193 Å². The Morgan fingerprint density at radius 2 is 1.82 bits per heavy atom. The molecular weight excluding hydrogens is 478 g/mol. The molecule has 2 aliphatic rings. The average molecular weight is 502 g/mol. The van der Waals surface area contributed by atoms with Gasteiger partial charge < -0.3 is 20.7 Å². The van der Waals surface area contributed by atoms with Gasteiger partial charge in [0.15, 0.2) is 11.6 Å². The summed E-state index contributed by atoms with van der Waals surface area (Å²) < 4.78 is 79.8. The lowest BCUT2D eigenvalue weighted by molar-refractivity contribution is -0.275. The first kappa shape index (κ1) is 24.4. The van der Waals surface area contributed by atoms with Crippen LogP contribution in [-0.2, 0) is 21.2 Å². The second kappa shape index (κ2) is 9.51. The van der Waals surface area contributed by atoms with Gasteiger partial charge in [0.1, 0.15) is 0 Å². The van der Waals surface area contributed by atoms with E-state index in [1.54, 1.807) is 0 Å². The number of hydrogen-bond donors (Lipinski definition) is 3. The number of alkyl halides is 3. The summed E-state index contributed by atoms with van der Waals surface area (Å²) in [6, 6.07) is 7.61. The highest BCUT2D eigenvalue weighted by Gasteiger charge is 2.38. The van der Waals surface area contributed by atoms with Crippen LogP contribution in [0.2, 0.25) is 0 Å². The largest absolute Gasteiger partial charge is 0.573 e. The number of amides is 1. The molecule has 2 saturated heterocycles. The quantitative estimate of drug-likeness (QED) is 0.527. The zero-order chi connectivity index (χ0) is 24.5. The number of nitrogens with one attached hydrogen (secondary N) is 3. The zero-order valence-corrected chi connectivity index (χ0v) is 18.7. The van der Waals surface area contributed by atoms with Crippen molar-refractivity contribution in [1.82, 2.24) is 16.0 Å². The molecule has 0 radical (unpaired) electrons. The third-order valence-electron chi connectivity index (χ3n) is 6.02. The molecule has 0 aromatic heterocycles. The average Bonchev–Trinajstić information content (AvgIpc) is 3.23. The molecule has 0 bridgehead atoms. The Morgan fingerprint density at radius 3 is 2.47 bits per heavy atom. The summed E-state index contributed by atoms with van der Waals surface area (Å²) in [7, 11) is -4.18. The first-order valence-corrected chi connectivity index (χ1v) is 12.1. The molecular formula is C22H23F4N3O4S. The number of sulfone groups is 1. The highest BCUT2D eigenvalue weighted by molar-refractivity contribution is 7.91. The van der Waals surface area contributed by atoms with Crippen LogP contribution in [0, 0.1) is 11.7 Å². The molecule has 2 fully saturated rings. The Kier molecular flexibility index (Phi) is 6.83. The van der Waals surface area contributed by atoms with Gasteiger partial charge in [-0.2, -0.15) is 0 Å². The van der Waals surface area contributed by atoms with Crippen LogP contribution in [0.4, 0.5) is 17.6 Å². The fourth-order valence-corrected chi connectivity index (χ4v) is 5.57. The Morgan fingerprint density at radius 1 is 1.12 bits per heavy atom. The van der Waals surface area contributed by atoms with E-state index in [-0.39, 0.29) is 23.4 Å². The number of fused-ring (bicyclic) bond motifs is 1. The summed E-state index contributed by atoms with van der Waals surface area (Å²) in [5.74, 6) is -2.27. The van der Waals surface area contributed by atoms with Crippen molar-refractivity contribution in [3.8, 4) is 5.75 Å². The highest BCUT2D eigenvalue weighted by Crippen LogP contribution is 2.30. The van der Waals surface area contributed by atoms with Gasteiger partial charge in [0.05, 0.1) is 15.8 Å². The van der Waals surface area contributed by atoms with Crippen molar-refractivity contribution in [2.45, 2.75) is 47.6 Å². The third kappa shape index (κ3) is 5.50. The van der Waals surface area contributed by atoms with Crippen LogP contribution < -0.4 is 20.7 Å². The number of carbonyl (C=O) groups excluding carboxylic acids is 1. The second-order valence-corrected chi connectivity index (χ2v) is 10.3. The second-order valence-electron chi connectivity index (χ2n) is 8.32. The van der Waals surface area contributed by atoms with Crippen molar-refractivity contribution in [2.24, 2.45) is 5.92 Å². The van der Waals surface area contributed by atoms with Crippen LogP contribution >= 0.6 is 0 Å². The first-order chi connectivity index (χ1) is 16.0. The van der Waals surface area contributed by atoms with Crippen LogP contribution in [-0.4, -0.2) is 45.9 Å². The molecule has 3 N–H and O–H groups in total. The van der Waals surface area contributed by atoms with Gasteiger partial charge in [-0.25, -0.2) is 12.8 Å². The summed E-state index contributed by atoms with van der Waals surface area (Å²) in [5, 5.41) is 9.53. The molecule has 3 unspecified atom stereocenters. The smallest absolute Gasteiger partial charge is 0.403 e. The lowest BCUT2D eigenvalue weighted by Crippen LogP contribution is -2.45. The number of hydrogen-bond acceptors (Lipinski definition) is 6. The van der Waals surface area contributed by atoms with Gasteiger partial charge in [-0.05, 0) is 67.7 Å². The van der Waals surface area contributed by atoms with E-state index in [4.69, 9.17) is 0 Å². The molecule has 1 amide bonds. The van der Waals surface area contributed by atoms with Gasteiger partial charge in [-0.1, -0.05) is 12.1 Å². The SMILES string of the molecule is O=C(NCc1ccc(S(=O)(=O)c2ccc(OC(F)(F)F)c(F)c2)cc1)C1CC2CNCCC2N1. The van der Waals surface area contributed by atoms with Crippen LogP contribution in [0.5, 0.6) is 5.75 Å². The molecule has 2 aromatic carbocycles. The molecule has 184 valence electrons. The third-order valence-corrected chi connectivity index (χ3v) is 7.78. The number of rotatable bonds is 6. The molecule has 2 heterocycles. The monoisotopic (exact) mass is 501 g/mol. The molecule has 2 aliphatic heterocycles. The Hall–Kier alpha value is -2.70. The molecule has 0 aliphatic carbocycles. The normalized spacial score (nSPS) is 22.8. The van der Waals surface area contributed by atoms with E-state index in [9.17, 15) is 30.8 Å². The fraction of sp³-hybridized carbons (Fsp3) is 0.409. The maximum atomic E-state index is 14.0. The van der Waals surface area contributed by atoms with Crippen LogP contribution in [0.15, 0.2) is 52.3 Å². The van der Waals surface area contributed by atoms with Crippen LogP contribution in [0.25, 0.3) is 0 Å². The van der Waals surface area contributed by atoms with Gasteiger partial charge in [0.2, 0.25) is 15.7 Å². The van der Waals surface area contributed by atoms with E-state index in [2.05, 4.69) is 20.7 Å². The number of halogens is 4. The van der Waals surface area contributed by atoms with Crippen molar-refractivity contribution in [1.29, 1.82) is 0 Å². The van der Waals surface area contributed by atoms with E-state index in [0.29, 0.717) is 29.7 Å². The van der Waals surface area contributed by atoms with E-state index in [1.807, 2.05) is 0 Å². The van der Waals surface area contributed by atoms with Crippen molar-refractivity contribution in [3.63, 3.8) is 0 Å². The predicted molar refractivity (Wildman–Crippen MR) is 113 cm³/mol. The van der Waals surface area contributed by atoms with Gasteiger partial charge in [0.25, 0.3) is 0 Å². The molecule has 0 saturated carbocycles. The minimum absolute atomic E-state index is 0.122. The van der Waals surface area contributed by atoms with Gasteiger partial charge in [-0.15, -0.1) is 13.2 Å². The molecule has 4 rings (SSSR count). The summed E-state index contributed by atoms with van der Waals surface area (Å²) in [6.07, 6.45) is -3.37. The fourth-order valence-electron chi connectivity index (χ4n) is 4.29. The lowest BCUT2D eigenvalue weighted by atomic mass is 9.94. The highest BCUT2D eigenvalue weighted by atomic mass is 32.2. The number of benzene rings is 2. The minimum atomic E-state index is -5.10. The number of ether oxygens (including phenoxy) is 1.